The highest BCUT2D eigenvalue weighted by molar-refractivity contribution is 5.23. The van der Waals surface area contributed by atoms with Crippen LogP contribution in [-0.4, -0.2) is 13.2 Å². The highest BCUT2D eigenvalue weighted by atomic mass is 16.5. The number of nitrogens with two attached hydrogens (primary N) is 1. The first-order valence-corrected chi connectivity index (χ1v) is 4.28. The van der Waals surface area contributed by atoms with Crippen LogP contribution in [0.3, 0.4) is 0 Å². The smallest absolute Gasteiger partial charge is 0.118 e. The van der Waals surface area contributed by atoms with Crippen LogP contribution in [0.25, 0.3) is 0 Å². The minimum Gasteiger partial charge on any atom is -0.464 e. The zero-order valence-electron chi connectivity index (χ0n) is 7.01. The Morgan fingerprint density at radius 2 is 2.17 bits per heavy atom. The van der Waals surface area contributed by atoms with E-state index in [-0.39, 0.29) is 0 Å². The molecular formula is C9H13NO2. The summed E-state index contributed by atoms with van der Waals surface area (Å²) in [6, 6.07) is 2.05. The molecule has 0 fully saturated rings. The third kappa shape index (κ3) is 1.38. The molecule has 3 nitrogen and oxygen atoms in total. The third-order valence-electron chi connectivity index (χ3n) is 2.14. The zero-order valence-corrected chi connectivity index (χ0v) is 7.01. The first-order valence-electron chi connectivity index (χ1n) is 4.28. The molecule has 0 spiro atoms. The monoisotopic (exact) mass is 167 g/mol. The van der Waals surface area contributed by atoms with Crippen LogP contribution in [0.1, 0.15) is 17.1 Å². The highest BCUT2D eigenvalue weighted by Crippen LogP contribution is 2.18. The second-order valence-corrected chi connectivity index (χ2v) is 2.98. The minimum atomic E-state index is 0.494. The van der Waals surface area contributed by atoms with Crippen LogP contribution >= 0.6 is 0 Å². The normalized spacial score (nSPS) is 17.1. The van der Waals surface area contributed by atoms with E-state index in [1.54, 1.807) is 0 Å². The summed E-state index contributed by atoms with van der Waals surface area (Å²) in [6.45, 7) is 2.06. The van der Waals surface area contributed by atoms with E-state index < -0.39 is 0 Å². The van der Waals surface area contributed by atoms with E-state index in [2.05, 4.69) is 0 Å². The molecule has 0 unspecified atom stereocenters. The van der Waals surface area contributed by atoms with Crippen molar-refractivity contribution >= 4 is 0 Å². The lowest BCUT2D eigenvalue weighted by Gasteiger charge is -1.94. The summed E-state index contributed by atoms with van der Waals surface area (Å²) in [5.74, 6) is 1.95. The van der Waals surface area contributed by atoms with Crippen LogP contribution in [0.5, 0.6) is 0 Å². The fourth-order valence-electron chi connectivity index (χ4n) is 1.50. The van der Waals surface area contributed by atoms with E-state index in [1.807, 2.05) is 6.07 Å². The van der Waals surface area contributed by atoms with Gasteiger partial charge in [-0.1, -0.05) is 0 Å². The van der Waals surface area contributed by atoms with Gasteiger partial charge in [0.05, 0.1) is 19.8 Å². The topological polar surface area (TPSA) is 48.4 Å². The van der Waals surface area contributed by atoms with Crippen molar-refractivity contribution in [3.8, 4) is 0 Å². The fourth-order valence-corrected chi connectivity index (χ4v) is 1.50. The van der Waals surface area contributed by atoms with Gasteiger partial charge in [-0.25, -0.2) is 0 Å². The lowest BCUT2D eigenvalue weighted by atomic mass is 10.1. The molecule has 1 aliphatic rings. The van der Waals surface area contributed by atoms with Gasteiger partial charge in [0.2, 0.25) is 0 Å². The van der Waals surface area contributed by atoms with Crippen molar-refractivity contribution in [3.05, 3.63) is 23.2 Å². The summed E-state index contributed by atoms with van der Waals surface area (Å²) < 4.78 is 10.8. The standard InChI is InChI=1S/C9H13NO2/c10-6-8-5-7-1-3-11-4-2-9(7)12-8/h5H,1-4,6,10H2. The Morgan fingerprint density at radius 3 is 3.00 bits per heavy atom. The Bertz CT molecular complexity index is 244. The average Bonchev–Trinajstić information content (AvgIpc) is 2.37. The van der Waals surface area contributed by atoms with Crippen molar-refractivity contribution in [1.29, 1.82) is 0 Å². The van der Waals surface area contributed by atoms with Crippen molar-refractivity contribution in [1.82, 2.24) is 0 Å². The first-order chi connectivity index (χ1) is 5.90. The van der Waals surface area contributed by atoms with E-state index >= 15 is 0 Å². The summed E-state index contributed by atoms with van der Waals surface area (Å²) in [4.78, 5) is 0. The lowest BCUT2D eigenvalue weighted by Crippen LogP contribution is -1.97. The maximum absolute atomic E-state index is 5.53. The van der Waals surface area contributed by atoms with Gasteiger partial charge in [0.1, 0.15) is 11.5 Å². The third-order valence-corrected chi connectivity index (χ3v) is 2.14. The maximum atomic E-state index is 5.53. The Hall–Kier alpha value is -0.800. The zero-order chi connectivity index (χ0) is 8.39. The molecule has 1 aromatic heterocycles. The second-order valence-electron chi connectivity index (χ2n) is 2.98. The molecule has 0 radical (unpaired) electrons. The Balaban J connectivity index is 2.26. The molecule has 2 N–H and O–H groups in total. The summed E-state index contributed by atoms with van der Waals surface area (Å²) >= 11 is 0. The number of furan rings is 1. The van der Waals surface area contributed by atoms with Gasteiger partial charge in [-0.2, -0.15) is 0 Å². The molecule has 0 saturated carbocycles. The van der Waals surface area contributed by atoms with Gasteiger partial charge in [-0.15, -0.1) is 0 Å². The van der Waals surface area contributed by atoms with E-state index in [9.17, 15) is 0 Å². The van der Waals surface area contributed by atoms with Crippen LogP contribution in [-0.2, 0) is 24.1 Å². The molecule has 0 amide bonds. The van der Waals surface area contributed by atoms with Crippen LogP contribution in [0.2, 0.25) is 0 Å². The maximum Gasteiger partial charge on any atom is 0.118 e. The molecule has 1 aliphatic heterocycles. The molecule has 0 bridgehead atoms. The summed E-state index contributed by atoms with van der Waals surface area (Å²) in [7, 11) is 0. The summed E-state index contributed by atoms with van der Waals surface area (Å²) in [5, 5.41) is 0. The van der Waals surface area contributed by atoms with Crippen molar-refractivity contribution in [2.45, 2.75) is 19.4 Å². The molecule has 0 aromatic carbocycles. The quantitative estimate of drug-likeness (QED) is 0.674. The van der Waals surface area contributed by atoms with Crippen LogP contribution < -0.4 is 5.73 Å². The van der Waals surface area contributed by atoms with Gasteiger partial charge in [0, 0.05) is 6.42 Å². The van der Waals surface area contributed by atoms with Gasteiger partial charge in [-0.05, 0) is 18.1 Å². The Kier molecular flexibility index (Phi) is 2.15. The number of hydrogen-bond acceptors (Lipinski definition) is 3. The van der Waals surface area contributed by atoms with Crippen LogP contribution in [0.15, 0.2) is 10.5 Å². The summed E-state index contributed by atoms with van der Waals surface area (Å²) in [5.41, 5.74) is 6.75. The SMILES string of the molecule is NCc1cc2c(o1)CCOCC2. The Labute approximate surface area is 71.5 Å². The van der Waals surface area contributed by atoms with Crippen molar-refractivity contribution < 1.29 is 9.15 Å². The van der Waals surface area contributed by atoms with E-state index in [1.165, 1.54) is 5.56 Å². The molecule has 2 heterocycles. The van der Waals surface area contributed by atoms with Gasteiger partial charge in [0.15, 0.2) is 0 Å². The minimum absolute atomic E-state index is 0.494. The van der Waals surface area contributed by atoms with Crippen LogP contribution in [0, 0.1) is 0 Å². The van der Waals surface area contributed by atoms with Gasteiger partial charge >= 0.3 is 0 Å². The second kappa shape index (κ2) is 3.29. The molecule has 66 valence electrons. The molecule has 0 atom stereocenters. The molecule has 0 saturated heterocycles. The molecule has 0 aliphatic carbocycles. The predicted molar refractivity (Wildman–Crippen MR) is 44.8 cm³/mol. The Morgan fingerprint density at radius 1 is 1.33 bits per heavy atom. The number of rotatable bonds is 1. The molecular weight excluding hydrogens is 154 g/mol. The fraction of sp³-hybridized carbons (Fsp3) is 0.556. The van der Waals surface area contributed by atoms with E-state index in [0.717, 1.165) is 37.6 Å². The molecule has 12 heavy (non-hydrogen) atoms. The van der Waals surface area contributed by atoms with Gasteiger partial charge < -0.3 is 14.9 Å². The molecule has 3 heteroatoms. The van der Waals surface area contributed by atoms with Crippen molar-refractivity contribution in [3.63, 3.8) is 0 Å². The van der Waals surface area contributed by atoms with E-state index in [0.29, 0.717) is 6.54 Å². The van der Waals surface area contributed by atoms with Crippen molar-refractivity contribution in [2.75, 3.05) is 13.2 Å². The highest BCUT2D eigenvalue weighted by Gasteiger charge is 2.12. The molecule has 2 rings (SSSR count). The predicted octanol–water partition coefficient (Wildman–Crippen LogP) is 0.853. The number of fused-ring (bicyclic) bond motifs is 1. The van der Waals surface area contributed by atoms with Crippen molar-refractivity contribution in [2.24, 2.45) is 5.73 Å². The van der Waals surface area contributed by atoms with E-state index in [4.69, 9.17) is 14.9 Å². The van der Waals surface area contributed by atoms with Gasteiger partial charge in [-0.3, -0.25) is 0 Å². The van der Waals surface area contributed by atoms with Gasteiger partial charge in [0.25, 0.3) is 0 Å². The largest absolute Gasteiger partial charge is 0.464 e. The first kappa shape index (κ1) is 7.83. The average molecular weight is 167 g/mol. The van der Waals surface area contributed by atoms with Crippen LogP contribution in [0.4, 0.5) is 0 Å². The number of ether oxygens (including phenoxy) is 1. The molecule has 1 aromatic rings. The number of hydrogen-bond donors (Lipinski definition) is 1. The summed E-state index contributed by atoms with van der Waals surface area (Å²) in [6.07, 6.45) is 1.84. The lowest BCUT2D eigenvalue weighted by molar-refractivity contribution is 0.144.